The van der Waals surface area contributed by atoms with Crippen molar-refractivity contribution in [2.45, 2.75) is 78.9 Å². The zero-order valence-corrected chi connectivity index (χ0v) is 47.2. The van der Waals surface area contributed by atoms with E-state index in [1.807, 2.05) is 220 Å². The molecule has 4 heterocycles. The van der Waals surface area contributed by atoms with Crippen molar-refractivity contribution in [1.82, 2.24) is 39.1 Å². The van der Waals surface area contributed by atoms with Crippen molar-refractivity contribution in [1.29, 1.82) is 0 Å². The van der Waals surface area contributed by atoms with Gasteiger partial charge in [0, 0.05) is 64.9 Å². The molecule has 0 unspecified atom stereocenters. The van der Waals surface area contributed by atoms with Gasteiger partial charge in [-0.05, 0) is 113 Å². The molecule has 4 aromatic heterocycles. The normalized spacial score (nSPS) is 10.3. The SMILES string of the molecule is Cc1cc(C)n(C(n2nc(C)cc2C)C([O-])(c2ccccc2)c2ccccc2)n1.Cc1cc(C)n(C(n2nc(C)cc2C)C([O-])(c2ccccc2)c2ccccc2)n1.ClCCl.ClCCl.[Mo].[Mo].[O-2].[O-2].[O-2].[O-2].[O-2]. The maximum atomic E-state index is 15.0. The fraction of sp³-hybridized carbons (Fsp3) is 0.280. The number of hydrogen-bond donors (Lipinski definition) is 0. The number of alkyl halides is 4. The predicted octanol–water partition coefficient (Wildman–Crippen LogP) is 9.57. The van der Waals surface area contributed by atoms with Gasteiger partial charge in [0.2, 0.25) is 0 Å². The van der Waals surface area contributed by atoms with Crippen LogP contribution in [0.25, 0.3) is 0 Å². The van der Waals surface area contributed by atoms with Gasteiger partial charge in [-0.2, -0.15) is 20.4 Å². The molecule has 0 spiro atoms. The molecule has 0 aliphatic carbocycles. The molecule has 0 saturated carbocycles. The molecule has 0 bridgehead atoms. The molecule has 0 aliphatic rings. The van der Waals surface area contributed by atoms with Crippen molar-refractivity contribution in [2.24, 2.45) is 0 Å². The van der Waals surface area contributed by atoms with Gasteiger partial charge in [-0.25, -0.2) is 18.7 Å². The van der Waals surface area contributed by atoms with Crippen molar-refractivity contribution in [3.8, 4) is 0 Å². The smallest absolute Gasteiger partial charge is 0.142 e. The molecule has 8 aromatic rings. The van der Waals surface area contributed by atoms with E-state index in [2.05, 4.69) is 0 Å². The number of hydrogen-bond acceptors (Lipinski definition) is 6. The molecule has 4 aromatic carbocycles. The van der Waals surface area contributed by atoms with E-state index in [1.54, 1.807) is 0 Å². The summed E-state index contributed by atoms with van der Waals surface area (Å²) in [5.74, 6) is 0. The average molecular weight is 1210 g/mol. The van der Waals surface area contributed by atoms with Gasteiger partial charge in [0.15, 0.2) is 0 Å². The second-order valence-electron chi connectivity index (χ2n) is 15.4. The van der Waals surface area contributed by atoms with Gasteiger partial charge in [-0.1, -0.05) is 121 Å². The van der Waals surface area contributed by atoms with Gasteiger partial charge in [-0.3, -0.25) is 0 Å². The summed E-state index contributed by atoms with van der Waals surface area (Å²) in [5, 5.41) is 49.2. The summed E-state index contributed by atoms with van der Waals surface area (Å²) in [7, 11) is 0. The van der Waals surface area contributed by atoms with E-state index < -0.39 is 23.5 Å². The fourth-order valence-corrected chi connectivity index (χ4v) is 8.14. The Morgan fingerprint density at radius 1 is 0.366 bits per heavy atom. The van der Waals surface area contributed by atoms with E-state index in [1.165, 1.54) is 0 Å². The first-order chi connectivity index (χ1) is 30.6. The summed E-state index contributed by atoms with van der Waals surface area (Å²) >= 11 is 19.1. The molecule has 0 saturated heterocycles. The number of benzene rings is 4. The Hall–Kier alpha value is -4.02. The maximum Gasteiger partial charge on any atom is 0.142 e. The molecule has 0 amide bonds. The molecule has 0 aliphatic heterocycles. The molecule has 21 heteroatoms. The first-order valence-corrected chi connectivity index (χ1v) is 22.8. The number of aryl methyl sites for hydroxylation is 8. The topological polar surface area (TPSA) is 260 Å². The Kier molecular flexibility index (Phi) is 33.0. The first kappa shape index (κ1) is 71.2. The number of aromatic nitrogens is 8. The second kappa shape index (κ2) is 32.9. The monoisotopic (exact) mass is 1210 g/mol. The van der Waals surface area contributed by atoms with E-state index in [4.69, 9.17) is 66.8 Å². The van der Waals surface area contributed by atoms with Gasteiger partial charge >= 0.3 is 0 Å². The van der Waals surface area contributed by atoms with E-state index >= 15 is 10.2 Å². The van der Waals surface area contributed by atoms with Crippen LogP contribution in [-0.2, 0) is 80.7 Å². The molecule has 8 rings (SSSR count). The summed E-state index contributed by atoms with van der Waals surface area (Å²) < 4.78 is 7.28. The third kappa shape index (κ3) is 16.5. The Balaban J connectivity index is -0.00000108. The Bertz CT molecular complexity index is 2320. The second-order valence-corrected chi connectivity index (χ2v) is 17.0. The van der Waals surface area contributed by atoms with Crippen LogP contribution in [0.4, 0.5) is 0 Å². The Morgan fingerprint density at radius 3 is 0.648 bits per heavy atom. The van der Waals surface area contributed by atoms with Crippen LogP contribution < -0.4 is 10.2 Å². The molecule has 0 N–H and O–H groups in total. The van der Waals surface area contributed by atoms with Crippen molar-refractivity contribution in [3.05, 3.63) is 213 Å². The molecule has 0 atom stereocenters. The van der Waals surface area contributed by atoms with E-state index in [0.717, 1.165) is 45.6 Å². The van der Waals surface area contributed by atoms with Crippen molar-refractivity contribution < 1.29 is 79.7 Å². The standard InChI is InChI=1S/2C24H25N4O.2CH2Cl2.2Mo.5O/c2*1-17-15-19(3)27(25-17)23(28-20(4)16-18(2)26-28)24(29,21-11-7-5-8-12-21)22-13-9-6-10-14-22;2*2-1-3;;;;;;;/h2*5-16,23H,1-4H3;2*1H2;;;;;;;/q2*-1;;;;;5*-2. The van der Waals surface area contributed by atoms with Crippen LogP contribution >= 0.6 is 46.4 Å². The minimum atomic E-state index is -1.63. The number of halogens is 4. The van der Waals surface area contributed by atoms with E-state index in [9.17, 15) is 0 Å². The third-order valence-electron chi connectivity index (χ3n) is 10.6. The Morgan fingerprint density at radius 2 is 0.521 bits per heavy atom. The first-order valence-electron chi connectivity index (χ1n) is 20.6. The zero-order valence-electron chi connectivity index (χ0n) is 40.2. The maximum absolute atomic E-state index is 15.0. The molecule has 71 heavy (non-hydrogen) atoms. The van der Waals surface area contributed by atoms with Gasteiger partial charge in [0.25, 0.3) is 0 Å². The molecular formula is C50H54Cl4Mo2N8O7-12. The molecule has 0 radical (unpaired) electrons. The minimum absolute atomic E-state index is 0. The van der Waals surface area contributed by atoms with Crippen LogP contribution in [0, 0.1) is 55.4 Å². The summed E-state index contributed by atoms with van der Waals surface area (Å²) in [4.78, 5) is 0. The summed E-state index contributed by atoms with van der Waals surface area (Å²) in [6, 6.07) is 46.1. The largest absolute Gasteiger partial charge is 2.00 e. The van der Waals surface area contributed by atoms with E-state index in [0.29, 0.717) is 22.3 Å². The van der Waals surface area contributed by atoms with Gasteiger partial charge < -0.3 is 37.6 Å². The van der Waals surface area contributed by atoms with Crippen molar-refractivity contribution >= 4 is 46.4 Å². The van der Waals surface area contributed by atoms with Crippen molar-refractivity contribution in [3.63, 3.8) is 0 Å². The summed E-state index contributed by atoms with van der Waals surface area (Å²) in [5.41, 5.74) is 6.63. The Labute approximate surface area is 464 Å². The van der Waals surface area contributed by atoms with Crippen LogP contribution in [0.1, 0.15) is 80.1 Å². The minimum Gasteiger partial charge on any atom is -2.00 e. The van der Waals surface area contributed by atoms with Gasteiger partial charge in [0.1, 0.15) is 12.3 Å². The van der Waals surface area contributed by atoms with Crippen LogP contribution in [0.15, 0.2) is 146 Å². The number of rotatable bonds is 10. The van der Waals surface area contributed by atoms with Gasteiger partial charge in [0.05, 0.1) is 33.5 Å². The summed E-state index contributed by atoms with van der Waals surface area (Å²) in [6.07, 6.45) is -1.40. The average Bonchev–Trinajstić information content (AvgIpc) is 4.02. The van der Waals surface area contributed by atoms with Gasteiger partial charge in [-0.15, -0.1) is 46.4 Å². The third-order valence-corrected chi connectivity index (χ3v) is 10.6. The van der Waals surface area contributed by atoms with Crippen molar-refractivity contribution in [2.75, 3.05) is 10.7 Å². The zero-order chi connectivity index (χ0) is 46.6. The quantitative estimate of drug-likeness (QED) is 0.0950. The summed E-state index contributed by atoms with van der Waals surface area (Å²) in [6.45, 7) is 15.7. The molecule has 15 nitrogen and oxygen atoms in total. The van der Waals surface area contributed by atoms with Crippen LogP contribution in [0.2, 0.25) is 0 Å². The van der Waals surface area contributed by atoms with Crippen LogP contribution in [0.5, 0.6) is 0 Å². The predicted molar refractivity (Wildman–Crippen MR) is 260 cm³/mol. The molecule has 388 valence electrons. The van der Waals surface area contributed by atoms with E-state index in [-0.39, 0.29) is 80.2 Å². The molecule has 0 fully saturated rings. The number of nitrogens with zero attached hydrogens (tertiary/aromatic N) is 8. The molecular weight excluding hydrogens is 1160 g/mol. The van der Waals surface area contributed by atoms with Crippen LogP contribution in [-0.4, -0.2) is 49.8 Å². The fourth-order valence-electron chi connectivity index (χ4n) is 8.14. The van der Waals surface area contributed by atoms with Crippen LogP contribution in [0.3, 0.4) is 0 Å².